The van der Waals surface area contributed by atoms with Crippen LogP contribution in [-0.2, 0) is 4.79 Å². The van der Waals surface area contributed by atoms with Gasteiger partial charge in [-0.05, 0) is 56.8 Å². The van der Waals surface area contributed by atoms with E-state index >= 15 is 0 Å². The molecule has 23 heavy (non-hydrogen) atoms. The number of piperidine rings is 1. The molecule has 0 saturated carbocycles. The number of amides is 1. The summed E-state index contributed by atoms with van der Waals surface area (Å²) in [5.74, 6) is 1.73. The van der Waals surface area contributed by atoms with Gasteiger partial charge in [0.05, 0.1) is 6.61 Å². The van der Waals surface area contributed by atoms with Crippen molar-refractivity contribution in [1.29, 1.82) is 0 Å². The molecule has 1 aromatic rings. The van der Waals surface area contributed by atoms with E-state index in [1.807, 2.05) is 25.1 Å². The summed E-state index contributed by atoms with van der Waals surface area (Å²) in [6, 6.07) is 5.89. The van der Waals surface area contributed by atoms with Crippen molar-refractivity contribution < 1.29 is 9.53 Å². The normalized spacial score (nSPS) is 15.1. The zero-order chi connectivity index (χ0) is 15.9. The van der Waals surface area contributed by atoms with Crippen molar-refractivity contribution in [3.8, 4) is 5.75 Å². The average Bonchev–Trinajstić information content (AvgIpc) is 2.51. The monoisotopic (exact) mass is 340 g/mol. The fraction of sp³-hybridized carbons (Fsp3) is 0.611. The molecular weight excluding hydrogens is 312 g/mol. The first kappa shape index (κ1) is 19.8. The number of benzene rings is 1. The molecule has 0 aliphatic carbocycles. The first-order valence-electron chi connectivity index (χ1n) is 8.31. The molecular formula is C18H29ClN2O2. The van der Waals surface area contributed by atoms with Crippen molar-refractivity contribution in [1.82, 2.24) is 5.32 Å². The van der Waals surface area contributed by atoms with Gasteiger partial charge in [-0.1, -0.05) is 19.9 Å². The predicted molar refractivity (Wildman–Crippen MR) is 97.6 cm³/mol. The maximum atomic E-state index is 12.3. The van der Waals surface area contributed by atoms with Crippen LogP contribution in [0.3, 0.4) is 0 Å². The molecule has 0 unspecified atom stereocenters. The summed E-state index contributed by atoms with van der Waals surface area (Å²) in [4.78, 5) is 12.3. The van der Waals surface area contributed by atoms with Crippen LogP contribution in [0.15, 0.2) is 18.2 Å². The van der Waals surface area contributed by atoms with Crippen LogP contribution in [0, 0.1) is 18.8 Å². The molecule has 2 rings (SSSR count). The molecule has 130 valence electrons. The zero-order valence-corrected chi connectivity index (χ0v) is 15.2. The third-order valence-electron chi connectivity index (χ3n) is 4.12. The molecule has 1 aliphatic rings. The molecule has 1 aromatic carbocycles. The molecule has 1 fully saturated rings. The van der Waals surface area contributed by atoms with Crippen LogP contribution in [0.25, 0.3) is 0 Å². The number of hydrogen-bond acceptors (Lipinski definition) is 3. The van der Waals surface area contributed by atoms with Gasteiger partial charge in [0.2, 0.25) is 5.91 Å². The number of aryl methyl sites for hydroxylation is 1. The highest BCUT2D eigenvalue weighted by Crippen LogP contribution is 2.24. The number of carbonyl (C=O) groups excluding carboxylic acids is 1. The minimum absolute atomic E-state index is 0. The average molecular weight is 341 g/mol. The Balaban J connectivity index is 0.00000264. The second kappa shape index (κ2) is 9.78. The summed E-state index contributed by atoms with van der Waals surface area (Å²) in [7, 11) is 0. The van der Waals surface area contributed by atoms with E-state index in [1.54, 1.807) is 0 Å². The summed E-state index contributed by atoms with van der Waals surface area (Å²) in [6.45, 7) is 8.97. The summed E-state index contributed by atoms with van der Waals surface area (Å²) in [6.07, 6.45) is 2.86. The topological polar surface area (TPSA) is 50.4 Å². The van der Waals surface area contributed by atoms with Crippen LogP contribution < -0.4 is 15.4 Å². The number of halogens is 1. The third-order valence-corrected chi connectivity index (χ3v) is 4.12. The Hall–Kier alpha value is -1.26. The molecule has 0 bridgehead atoms. The van der Waals surface area contributed by atoms with Crippen molar-refractivity contribution in [3.05, 3.63) is 23.8 Å². The van der Waals surface area contributed by atoms with Crippen LogP contribution in [-0.4, -0.2) is 25.6 Å². The molecule has 1 aliphatic heterocycles. The maximum absolute atomic E-state index is 12.3. The fourth-order valence-electron chi connectivity index (χ4n) is 2.57. The molecule has 0 atom stereocenters. The number of anilines is 1. The van der Waals surface area contributed by atoms with Gasteiger partial charge >= 0.3 is 0 Å². The maximum Gasteiger partial charge on any atom is 0.227 e. The molecule has 0 radical (unpaired) electrons. The number of ether oxygens (including phenoxy) is 1. The molecule has 2 N–H and O–H groups in total. The Bertz CT molecular complexity index is 500. The lowest BCUT2D eigenvalue weighted by molar-refractivity contribution is -0.120. The van der Waals surface area contributed by atoms with Crippen LogP contribution >= 0.6 is 12.4 Å². The smallest absolute Gasteiger partial charge is 0.227 e. The molecule has 0 aromatic heterocycles. The van der Waals surface area contributed by atoms with Crippen molar-refractivity contribution in [2.45, 2.75) is 40.0 Å². The lowest BCUT2D eigenvalue weighted by Crippen LogP contribution is -2.34. The molecule has 1 amide bonds. The van der Waals surface area contributed by atoms with Crippen LogP contribution in [0.5, 0.6) is 5.75 Å². The highest BCUT2D eigenvalue weighted by molar-refractivity contribution is 5.92. The van der Waals surface area contributed by atoms with Gasteiger partial charge in [-0.15, -0.1) is 12.4 Å². The summed E-state index contributed by atoms with van der Waals surface area (Å²) in [5.41, 5.74) is 1.93. The quantitative estimate of drug-likeness (QED) is 0.828. The van der Waals surface area contributed by atoms with E-state index in [2.05, 4.69) is 24.5 Å². The van der Waals surface area contributed by atoms with E-state index in [-0.39, 0.29) is 24.2 Å². The molecule has 1 saturated heterocycles. The number of rotatable bonds is 6. The molecule has 1 heterocycles. The van der Waals surface area contributed by atoms with Crippen LogP contribution in [0.4, 0.5) is 5.69 Å². The molecule has 4 nitrogen and oxygen atoms in total. The van der Waals surface area contributed by atoms with Crippen molar-refractivity contribution in [3.63, 3.8) is 0 Å². The van der Waals surface area contributed by atoms with Crippen molar-refractivity contribution in [2.75, 3.05) is 25.0 Å². The summed E-state index contributed by atoms with van der Waals surface area (Å²) >= 11 is 0. The SMILES string of the molecule is Cc1ccc(NC(=O)C2CCNCC2)cc1OCCC(C)C.Cl. The number of hydrogen-bond donors (Lipinski definition) is 2. The van der Waals surface area contributed by atoms with Crippen molar-refractivity contribution >= 4 is 24.0 Å². The second-order valence-corrected chi connectivity index (χ2v) is 6.52. The summed E-state index contributed by atoms with van der Waals surface area (Å²) in [5, 5.41) is 6.31. The van der Waals surface area contributed by atoms with Crippen LogP contribution in [0.2, 0.25) is 0 Å². The van der Waals surface area contributed by atoms with Gasteiger partial charge < -0.3 is 15.4 Å². The Kier molecular flexibility index (Phi) is 8.42. The van der Waals surface area contributed by atoms with E-state index in [1.165, 1.54) is 0 Å². The molecule has 5 heteroatoms. The molecule has 0 spiro atoms. The summed E-state index contributed by atoms with van der Waals surface area (Å²) < 4.78 is 5.85. The van der Waals surface area contributed by atoms with E-state index in [0.717, 1.165) is 49.4 Å². The Morgan fingerprint density at radius 2 is 2.04 bits per heavy atom. The largest absolute Gasteiger partial charge is 0.493 e. The predicted octanol–water partition coefficient (Wildman–Crippen LogP) is 3.78. The van der Waals surface area contributed by atoms with Gasteiger partial charge in [-0.25, -0.2) is 0 Å². The zero-order valence-electron chi connectivity index (χ0n) is 14.4. The Labute approximate surface area is 145 Å². The fourth-order valence-corrected chi connectivity index (χ4v) is 2.57. The number of carbonyl (C=O) groups is 1. The third kappa shape index (κ3) is 6.40. The Morgan fingerprint density at radius 1 is 1.35 bits per heavy atom. The standard InChI is InChI=1S/C18H28N2O2.ClH/c1-13(2)8-11-22-17-12-16(5-4-14(17)3)20-18(21)15-6-9-19-10-7-15;/h4-5,12-13,15,19H,6-11H2,1-3H3,(H,20,21);1H. The minimum atomic E-state index is 0. The van der Waals surface area contributed by atoms with Gasteiger partial charge in [0, 0.05) is 17.7 Å². The van der Waals surface area contributed by atoms with Gasteiger partial charge in [-0.3, -0.25) is 4.79 Å². The highest BCUT2D eigenvalue weighted by Gasteiger charge is 2.21. The van der Waals surface area contributed by atoms with Gasteiger partial charge in [-0.2, -0.15) is 0 Å². The minimum Gasteiger partial charge on any atom is -0.493 e. The lowest BCUT2D eigenvalue weighted by atomic mass is 9.97. The first-order valence-corrected chi connectivity index (χ1v) is 8.31. The van der Waals surface area contributed by atoms with E-state index < -0.39 is 0 Å². The van der Waals surface area contributed by atoms with Gasteiger partial charge in [0.15, 0.2) is 0 Å². The van der Waals surface area contributed by atoms with Crippen LogP contribution in [0.1, 0.15) is 38.7 Å². The van der Waals surface area contributed by atoms with E-state index in [4.69, 9.17) is 4.74 Å². The first-order chi connectivity index (χ1) is 10.6. The van der Waals surface area contributed by atoms with Gasteiger partial charge in [0.25, 0.3) is 0 Å². The van der Waals surface area contributed by atoms with Gasteiger partial charge in [0.1, 0.15) is 5.75 Å². The van der Waals surface area contributed by atoms with E-state index in [0.29, 0.717) is 12.5 Å². The highest BCUT2D eigenvalue weighted by atomic mass is 35.5. The second-order valence-electron chi connectivity index (χ2n) is 6.52. The van der Waals surface area contributed by atoms with Crippen molar-refractivity contribution in [2.24, 2.45) is 11.8 Å². The Morgan fingerprint density at radius 3 is 2.70 bits per heavy atom. The lowest BCUT2D eigenvalue weighted by Gasteiger charge is -2.22. The van der Waals surface area contributed by atoms with E-state index in [9.17, 15) is 4.79 Å². The number of nitrogens with one attached hydrogen (secondary N) is 2.